The predicted octanol–water partition coefficient (Wildman–Crippen LogP) is 2.98. The van der Waals surface area contributed by atoms with Crippen molar-refractivity contribution in [3.8, 4) is 0 Å². The van der Waals surface area contributed by atoms with E-state index in [2.05, 4.69) is 0 Å². The van der Waals surface area contributed by atoms with Crippen LogP contribution in [0.15, 0.2) is 0 Å². The van der Waals surface area contributed by atoms with E-state index in [1.165, 1.54) is 5.92 Å². The molecule has 0 aromatic rings. The molecular formula is C10H16. The SMILES string of the molecule is C1C[C@H]2CCC3C[C@]3(C1)C2. The van der Waals surface area contributed by atoms with Gasteiger partial charge in [0.05, 0.1) is 0 Å². The van der Waals surface area contributed by atoms with Gasteiger partial charge in [0.15, 0.2) is 0 Å². The van der Waals surface area contributed by atoms with E-state index in [9.17, 15) is 0 Å². The van der Waals surface area contributed by atoms with Crippen LogP contribution in [0.2, 0.25) is 0 Å². The Kier molecular flexibility index (Phi) is 0.898. The molecule has 0 radical (unpaired) electrons. The summed E-state index contributed by atoms with van der Waals surface area (Å²) < 4.78 is 0. The standard InChI is InChI=1S/C10H16/c1-2-8-3-4-9-7-10(9,5-1)6-8/h8-9H,1-7H2/t8-,9?,10-/m0/s1. The molecule has 0 amide bonds. The van der Waals surface area contributed by atoms with Gasteiger partial charge in [0.1, 0.15) is 0 Å². The van der Waals surface area contributed by atoms with Crippen LogP contribution in [0.4, 0.5) is 0 Å². The Morgan fingerprint density at radius 3 is 2.90 bits per heavy atom. The molecule has 0 aromatic heterocycles. The summed E-state index contributed by atoms with van der Waals surface area (Å²) in [5.41, 5.74) is 0.946. The summed E-state index contributed by atoms with van der Waals surface area (Å²) in [6, 6.07) is 0. The van der Waals surface area contributed by atoms with Gasteiger partial charge < -0.3 is 0 Å². The van der Waals surface area contributed by atoms with Crippen LogP contribution in [0.1, 0.15) is 44.9 Å². The third-order valence-corrected chi connectivity index (χ3v) is 4.26. The minimum Gasteiger partial charge on any atom is -0.0525 e. The average Bonchev–Trinajstić information content (AvgIpc) is 2.60. The fourth-order valence-corrected chi connectivity index (χ4v) is 3.60. The second-order valence-electron chi connectivity index (χ2n) is 4.80. The lowest BCUT2D eigenvalue weighted by Gasteiger charge is -2.34. The lowest BCUT2D eigenvalue weighted by Crippen LogP contribution is -2.22. The molecule has 1 unspecified atom stereocenters. The Balaban J connectivity index is 1.87. The molecule has 1 spiro atoms. The Morgan fingerprint density at radius 1 is 1.00 bits per heavy atom. The first-order valence-corrected chi connectivity index (χ1v) is 4.89. The summed E-state index contributed by atoms with van der Waals surface area (Å²) in [7, 11) is 0. The molecule has 3 rings (SSSR count). The number of fused-ring (bicyclic) bond motifs is 1. The highest BCUT2D eigenvalue weighted by Gasteiger charge is 2.57. The Morgan fingerprint density at radius 2 is 2.00 bits per heavy atom. The molecule has 0 heterocycles. The van der Waals surface area contributed by atoms with Crippen LogP contribution >= 0.6 is 0 Å². The van der Waals surface area contributed by atoms with E-state index in [4.69, 9.17) is 0 Å². The maximum atomic E-state index is 1.62. The quantitative estimate of drug-likeness (QED) is 0.480. The van der Waals surface area contributed by atoms with Crippen molar-refractivity contribution >= 4 is 0 Å². The van der Waals surface area contributed by atoms with Crippen molar-refractivity contribution in [2.75, 3.05) is 0 Å². The van der Waals surface area contributed by atoms with Gasteiger partial charge >= 0.3 is 0 Å². The lowest BCUT2D eigenvalue weighted by molar-refractivity contribution is 0.174. The van der Waals surface area contributed by atoms with Gasteiger partial charge in [0.25, 0.3) is 0 Å². The molecule has 3 fully saturated rings. The normalized spacial score (nSPS) is 57.6. The van der Waals surface area contributed by atoms with Crippen molar-refractivity contribution < 1.29 is 0 Å². The first kappa shape index (κ1) is 5.62. The van der Waals surface area contributed by atoms with E-state index in [0.717, 1.165) is 11.3 Å². The molecule has 56 valence electrons. The van der Waals surface area contributed by atoms with Crippen LogP contribution in [-0.4, -0.2) is 0 Å². The minimum absolute atomic E-state index is 0.946. The van der Waals surface area contributed by atoms with E-state index in [1.807, 2.05) is 0 Å². The molecular weight excluding hydrogens is 120 g/mol. The molecule has 0 nitrogen and oxygen atoms in total. The van der Waals surface area contributed by atoms with Gasteiger partial charge in [-0.1, -0.05) is 19.3 Å². The third-order valence-electron chi connectivity index (χ3n) is 4.26. The molecule has 0 saturated heterocycles. The highest BCUT2D eigenvalue weighted by atomic mass is 14.6. The van der Waals surface area contributed by atoms with Gasteiger partial charge in [-0.3, -0.25) is 0 Å². The zero-order valence-corrected chi connectivity index (χ0v) is 6.60. The Bertz CT molecular complexity index is 159. The summed E-state index contributed by atoms with van der Waals surface area (Å²) >= 11 is 0. The van der Waals surface area contributed by atoms with E-state index in [-0.39, 0.29) is 0 Å². The highest BCUT2D eigenvalue weighted by molar-refractivity contribution is 5.07. The van der Waals surface area contributed by atoms with Gasteiger partial charge in [0, 0.05) is 0 Å². The smallest absolute Gasteiger partial charge is 0.0263 e. The second-order valence-corrected chi connectivity index (χ2v) is 4.80. The zero-order chi connectivity index (χ0) is 6.60. The van der Waals surface area contributed by atoms with Crippen LogP contribution in [-0.2, 0) is 0 Å². The number of hydrogen-bond donors (Lipinski definition) is 0. The van der Waals surface area contributed by atoms with Gasteiger partial charge in [-0.25, -0.2) is 0 Å². The molecule has 3 atom stereocenters. The molecule has 3 aliphatic carbocycles. The van der Waals surface area contributed by atoms with E-state index < -0.39 is 0 Å². The molecule has 0 heteroatoms. The van der Waals surface area contributed by atoms with Crippen molar-refractivity contribution in [2.24, 2.45) is 17.3 Å². The van der Waals surface area contributed by atoms with Gasteiger partial charge in [-0.05, 0) is 42.9 Å². The Hall–Kier alpha value is 0. The minimum atomic E-state index is 0.946. The number of rotatable bonds is 0. The fraction of sp³-hybridized carbons (Fsp3) is 1.00. The summed E-state index contributed by atoms with van der Waals surface area (Å²) in [6.07, 6.45) is 11.1. The van der Waals surface area contributed by atoms with Gasteiger partial charge in [-0.2, -0.15) is 0 Å². The maximum Gasteiger partial charge on any atom is -0.0263 e. The summed E-state index contributed by atoms with van der Waals surface area (Å²) in [5, 5.41) is 0. The zero-order valence-electron chi connectivity index (χ0n) is 6.60. The molecule has 3 aliphatic rings. The molecule has 0 aliphatic heterocycles. The molecule has 10 heavy (non-hydrogen) atoms. The lowest BCUT2D eigenvalue weighted by atomic mass is 9.71. The van der Waals surface area contributed by atoms with Crippen LogP contribution in [0.3, 0.4) is 0 Å². The molecule has 0 aromatic carbocycles. The number of hydrogen-bond acceptors (Lipinski definition) is 0. The molecule has 2 bridgehead atoms. The fourth-order valence-electron chi connectivity index (χ4n) is 3.60. The largest absolute Gasteiger partial charge is 0.0525 e. The Labute approximate surface area is 63.0 Å². The van der Waals surface area contributed by atoms with E-state index in [0.29, 0.717) is 0 Å². The van der Waals surface area contributed by atoms with Crippen LogP contribution in [0, 0.1) is 17.3 Å². The third kappa shape index (κ3) is 0.580. The molecule has 0 N–H and O–H groups in total. The van der Waals surface area contributed by atoms with Crippen molar-refractivity contribution in [2.45, 2.75) is 44.9 Å². The predicted molar refractivity (Wildman–Crippen MR) is 41.7 cm³/mol. The van der Waals surface area contributed by atoms with E-state index in [1.54, 1.807) is 44.9 Å². The highest BCUT2D eigenvalue weighted by Crippen LogP contribution is 2.67. The first-order chi connectivity index (χ1) is 4.89. The monoisotopic (exact) mass is 136 g/mol. The van der Waals surface area contributed by atoms with Crippen molar-refractivity contribution in [1.82, 2.24) is 0 Å². The summed E-state index contributed by atoms with van der Waals surface area (Å²) in [6.45, 7) is 0. The van der Waals surface area contributed by atoms with Crippen LogP contribution in [0.25, 0.3) is 0 Å². The molecule has 3 saturated carbocycles. The average molecular weight is 136 g/mol. The van der Waals surface area contributed by atoms with Gasteiger partial charge in [-0.15, -0.1) is 0 Å². The maximum absolute atomic E-state index is 1.62. The summed E-state index contributed by atoms with van der Waals surface area (Å²) in [5.74, 6) is 2.36. The van der Waals surface area contributed by atoms with Crippen LogP contribution in [0.5, 0.6) is 0 Å². The van der Waals surface area contributed by atoms with Crippen molar-refractivity contribution in [3.05, 3.63) is 0 Å². The van der Waals surface area contributed by atoms with Crippen molar-refractivity contribution in [3.63, 3.8) is 0 Å². The van der Waals surface area contributed by atoms with Crippen molar-refractivity contribution in [1.29, 1.82) is 0 Å². The summed E-state index contributed by atoms with van der Waals surface area (Å²) in [4.78, 5) is 0. The topological polar surface area (TPSA) is 0 Å². The van der Waals surface area contributed by atoms with Gasteiger partial charge in [0.2, 0.25) is 0 Å². The van der Waals surface area contributed by atoms with Crippen LogP contribution < -0.4 is 0 Å². The second kappa shape index (κ2) is 1.60. The first-order valence-electron chi connectivity index (χ1n) is 4.89. The van der Waals surface area contributed by atoms with E-state index >= 15 is 0 Å².